The Balaban J connectivity index is 1.27. The molecule has 5 rings (SSSR count). The van der Waals surface area contributed by atoms with Gasteiger partial charge in [-0.15, -0.1) is 0 Å². The van der Waals surface area contributed by atoms with E-state index in [1.807, 2.05) is 6.07 Å². The van der Waals surface area contributed by atoms with E-state index in [0.717, 1.165) is 4.57 Å². The second-order valence-electron chi connectivity index (χ2n) is 7.75. The van der Waals surface area contributed by atoms with Gasteiger partial charge in [-0.1, -0.05) is 24.3 Å². The lowest BCUT2D eigenvalue weighted by atomic mass is 10.2. The number of para-hydroxylation sites is 4. The van der Waals surface area contributed by atoms with Crippen molar-refractivity contribution in [3.63, 3.8) is 0 Å². The number of anilines is 2. The fourth-order valence-corrected chi connectivity index (χ4v) is 3.98. The second-order valence-corrected chi connectivity index (χ2v) is 7.75. The predicted molar refractivity (Wildman–Crippen MR) is 124 cm³/mol. The van der Waals surface area contributed by atoms with E-state index in [1.54, 1.807) is 66.7 Å². The summed E-state index contributed by atoms with van der Waals surface area (Å²) >= 11 is 0. The van der Waals surface area contributed by atoms with Gasteiger partial charge in [0.25, 0.3) is 5.91 Å². The quantitative estimate of drug-likeness (QED) is 0.444. The number of nitrogens with zero attached hydrogens (tertiary/aromatic N) is 3. The maximum atomic E-state index is 13.7. The van der Waals surface area contributed by atoms with Gasteiger partial charge in [0.15, 0.2) is 6.61 Å². The third kappa shape index (κ3) is 4.07. The Morgan fingerprint density at radius 1 is 1.03 bits per heavy atom. The Morgan fingerprint density at radius 3 is 2.56 bits per heavy atom. The molecule has 1 aliphatic heterocycles. The molecule has 2 heterocycles. The van der Waals surface area contributed by atoms with Crippen LogP contribution in [0.15, 0.2) is 72.8 Å². The maximum absolute atomic E-state index is 13.7. The van der Waals surface area contributed by atoms with E-state index in [1.165, 1.54) is 4.90 Å². The lowest BCUT2D eigenvalue weighted by Gasteiger charge is -2.29. The number of rotatable bonds is 6. The predicted octanol–water partition coefficient (Wildman–Crippen LogP) is 4.85. The molecule has 0 atom stereocenters. The Bertz CT molecular complexity index is 1370. The van der Waals surface area contributed by atoms with Gasteiger partial charge >= 0.3 is 6.55 Å². The molecular weight excluding hydrogens is 442 g/mol. The minimum Gasteiger partial charge on any atom is -0.482 e. The lowest BCUT2D eigenvalue weighted by molar-refractivity contribution is -0.121. The molecule has 1 aromatic heterocycles. The van der Waals surface area contributed by atoms with Gasteiger partial charge in [-0.2, -0.15) is 8.78 Å². The average molecular weight is 462 g/mol. The summed E-state index contributed by atoms with van der Waals surface area (Å²) in [5.74, 6) is 0.272. The fraction of sp³-hybridized carbons (Fsp3) is 0.160. The maximum Gasteiger partial charge on any atom is 0.320 e. The largest absolute Gasteiger partial charge is 0.482 e. The first-order valence-corrected chi connectivity index (χ1v) is 10.7. The molecule has 0 spiro atoms. The number of carbonyl (C=O) groups is 2. The van der Waals surface area contributed by atoms with E-state index in [0.29, 0.717) is 33.7 Å². The number of hydrogen-bond acceptors (Lipinski definition) is 4. The Hall–Kier alpha value is -4.27. The molecule has 1 N–H and O–H groups in total. The highest BCUT2D eigenvalue weighted by Crippen LogP contribution is 2.32. The molecule has 4 aromatic rings. The molecule has 0 saturated heterocycles. The minimum atomic E-state index is -2.74. The van der Waals surface area contributed by atoms with Crippen molar-refractivity contribution in [1.29, 1.82) is 0 Å². The first-order chi connectivity index (χ1) is 16.5. The first-order valence-electron chi connectivity index (χ1n) is 10.7. The number of fused-ring (bicyclic) bond motifs is 2. The van der Waals surface area contributed by atoms with E-state index in [2.05, 4.69) is 10.3 Å². The van der Waals surface area contributed by atoms with Crippen LogP contribution in [-0.2, 0) is 9.59 Å². The van der Waals surface area contributed by atoms with Gasteiger partial charge < -0.3 is 15.0 Å². The Kier molecular flexibility index (Phi) is 5.67. The summed E-state index contributed by atoms with van der Waals surface area (Å²) < 4.78 is 33.7. The normalized spacial score (nSPS) is 13.1. The molecule has 0 aliphatic carbocycles. The highest BCUT2D eigenvalue weighted by atomic mass is 19.3. The topological polar surface area (TPSA) is 76.5 Å². The fourth-order valence-electron chi connectivity index (χ4n) is 3.98. The summed E-state index contributed by atoms with van der Waals surface area (Å²) in [5.41, 5.74) is 2.49. The van der Waals surface area contributed by atoms with E-state index in [4.69, 9.17) is 4.74 Å². The third-order valence-electron chi connectivity index (χ3n) is 5.59. The molecule has 0 fully saturated rings. The number of aromatic nitrogens is 2. The summed E-state index contributed by atoms with van der Waals surface area (Å²) in [6.07, 6.45) is 0.0863. The molecule has 0 saturated carbocycles. The van der Waals surface area contributed by atoms with Crippen LogP contribution in [-0.4, -0.2) is 34.5 Å². The number of benzene rings is 3. The van der Waals surface area contributed by atoms with Crippen molar-refractivity contribution in [3.8, 4) is 17.1 Å². The van der Waals surface area contributed by atoms with E-state index in [9.17, 15) is 18.4 Å². The third-order valence-corrected chi connectivity index (χ3v) is 5.59. The van der Waals surface area contributed by atoms with E-state index in [-0.39, 0.29) is 37.2 Å². The first kappa shape index (κ1) is 21.6. The van der Waals surface area contributed by atoms with Crippen LogP contribution in [0.4, 0.5) is 20.2 Å². The minimum absolute atomic E-state index is 0.0660. The second kappa shape index (κ2) is 8.93. The monoisotopic (exact) mass is 462 g/mol. The van der Waals surface area contributed by atoms with Crippen molar-refractivity contribution in [3.05, 3.63) is 72.8 Å². The van der Waals surface area contributed by atoms with Crippen LogP contribution in [0.25, 0.3) is 22.4 Å². The summed E-state index contributed by atoms with van der Waals surface area (Å²) in [6, 6.07) is 20.4. The summed E-state index contributed by atoms with van der Waals surface area (Å²) in [6.45, 7) is -2.60. The molecule has 7 nitrogen and oxygen atoms in total. The van der Waals surface area contributed by atoms with Crippen molar-refractivity contribution in [2.24, 2.45) is 0 Å². The molecule has 0 bridgehead atoms. The van der Waals surface area contributed by atoms with Gasteiger partial charge in [0.2, 0.25) is 5.91 Å². The van der Waals surface area contributed by atoms with Crippen molar-refractivity contribution in [2.45, 2.75) is 13.0 Å². The van der Waals surface area contributed by atoms with Gasteiger partial charge in [0, 0.05) is 24.2 Å². The highest BCUT2D eigenvalue weighted by Gasteiger charge is 2.25. The standard InChI is InChI=1S/C25H20F2N4O3/c26-25(27)31-19-6-2-1-5-18(19)29-24(31)16-9-11-17(12-10-16)28-22(32)13-14-30-20-7-3-4-8-21(20)34-15-23(30)33/h1-12,25H,13-15H2,(H,28,32). The number of imidazole rings is 1. The van der Waals surface area contributed by atoms with Crippen LogP contribution in [0.2, 0.25) is 0 Å². The van der Waals surface area contributed by atoms with Crippen molar-refractivity contribution in [2.75, 3.05) is 23.4 Å². The molecule has 3 aromatic carbocycles. The number of nitrogens with one attached hydrogen (secondary N) is 1. The Morgan fingerprint density at radius 2 is 1.76 bits per heavy atom. The van der Waals surface area contributed by atoms with Gasteiger partial charge in [-0.3, -0.25) is 14.2 Å². The molecule has 1 aliphatic rings. The van der Waals surface area contributed by atoms with Crippen molar-refractivity contribution >= 4 is 34.2 Å². The van der Waals surface area contributed by atoms with Gasteiger partial charge in [-0.05, 0) is 48.5 Å². The summed E-state index contributed by atoms with van der Waals surface area (Å²) in [5, 5.41) is 2.78. The zero-order valence-corrected chi connectivity index (χ0v) is 17.9. The smallest absolute Gasteiger partial charge is 0.320 e. The zero-order chi connectivity index (χ0) is 23.7. The van der Waals surface area contributed by atoms with Crippen LogP contribution >= 0.6 is 0 Å². The van der Waals surface area contributed by atoms with E-state index >= 15 is 0 Å². The number of carbonyl (C=O) groups excluding carboxylic acids is 2. The number of amides is 2. The van der Waals surface area contributed by atoms with Crippen LogP contribution in [0.1, 0.15) is 13.0 Å². The lowest BCUT2D eigenvalue weighted by Crippen LogP contribution is -2.40. The SMILES string of the molecule is O=C(CCN1C(=O)COc2ccccc21)Nc1ccc(-c2nc3ccccc3n2C(F)F)cc1. The van der Waals surface area contributed by atoms with Crippen LogP contribution in [0.3, 0.4) is 0 Å². The van der Waals surface area contributed by atoms with Gasteiger partial charge in [0.1, 0.15) is 11.6 Å². The van der Waals surface area contributed by atoms with Gasteiger partial charge in [0.05, 0.1) is 16.7 Å². The zero-order valence-electron chi connectivity index (χ0n) is 17.9. The number of ether oxygens (including phenoxy) is 1. The number of halogens is 2. The average Bonchev–Trinajstić information content (AvgIpc) is 3.24. The molecule has 9 heteroatoms. The van der Waals surface area contributed by atoms with Crippen LogP contribution in [0, 0.1) is 0 Å². The molecule has 172 valence electrons. The summed E-state index contributed by atoms with van der Waals surface area (Å²) in [7, 11) is 0. The molecular formula is C25H20F2N4O3. The number of hydrogen-bond donors (Lipinski definition) is 1. The molecule has 34 heavy (non-hydrogen) atoms. The molecule has 2 amide bonds. The van der Waals surface area contributed by atoms with Crippen LogP contribution < -0.4 is 15.0 Å². The highest BCUT2D eigenvalue weighted by molar-refractivity contribution is 5.99. The summed E-state index contributed by atoms with van der Waals surface area (Å²) in [4.78, 5) is 30.6. The van der Waals surface area contributed by atoms with Crippen molar-refractivity contribution < 1.29 is 23.1 Å². The Labute approximate surface area is 193 Å². The van der Waals surface area contributed by atoms with E-state index < -0.39 is 6.55 Å². The number of alkyl halides is 2. The van der Waals surface area contributed by atoms with Crippen molar-refractivity contribution in [1.82, 2.24) is 9.55 Å². The van der Waals surface area contributed by atoms with Gasteiger partial charge in [-0.25, -0.2) is 4.98 Å². The molecule has 0 unspecified atom stereocenters. The van der Waals surface area contributed by atoms with Crippen LogP contribution in [0.5, 0.6) is 5.75 Å². The molecule has 0 radical (unpaired) electrons.